The Morgan fingerprint density at radius 3 is 2.43 bits per heavy atom. The number of methoxy groups -OCH3 is 2. The summed E-state index contributed by atoms with van der Waals surface area (Å²) in [4.78, 5) is 37.9. The first kappa shape index (κ1) is 16.1. The zero-order chi connectivity index (χ0) is 17.0. The summed E-state index contributed by atoms with van der Waals surface area (Å²) in [5.74, 6) is -1.38. The Balaban J connectivity index is 2.61. The zero-order valence-electron chi connectivity index (χ0n) is 12.3. The zero-order valence-corrected chi connectivity index (χ0v) is 12.3. The first-order chi connectivity index (χ1) is 11.0. The minimum absolute atomic E-state index is 0.0101. The van der Waals surface area contributed by atoms with Gasteiger partial charge in [0.15, 0.2) is 0 Å². The highest BCUT2D eigenvalue weighted by Gasteiger charge is 2.20. The maximum atomic E-state index is 11.9. The van der Waals surface area contributed by atoms with Gasteiger partial charge in [-0.05, 0) is 6.07 Å². The van der Waals surface area contributed by atoms with Gasteiger partial charge in [0, 0.05) is 23.9 Å². The van der Waals surface area contributed by atoms with E-state index in [1.807, 2.05) is 0 Å². The summed E-state index contributed by atoms with van der Waals surface area (Å²) < 4.78 is 9.26. The predicted octanol–water partition coefficient (Wildman–Crippen LogP) is 2.23. The number of esters is 2. The van der Waals surface area contributed by atoms with Gasteiger partial charge in [-0.2, -0.15) is 0 Å². The number of carbonyl (C=O) groups excluding carboxylic acids is 2. The van der Waals surface area contributed by atoms with Gasteiger partial charge in [-0.3, -0.25) is 15.1 Å². The smallest absolute Gasteiger partial charge is 0.340 e. The maximum Gasteiger partial charge on any atom is 0.340 e. The number of nitrogens with zero attached hydrogens (tertiary/aromatic N) is 2. The van der Waals surface area contributed by atoms with Crippen LogP contribution < -0.4 is 0 Å². The third kappa shape index (κ3) is 3.31. The number of benzene rings is 1. The predicted molar refractivity (Wildman–Crippen MR) is 79.0 cm³/mol. The van der Waals surface area contributed by atoms with E-state index >= 15 is 0 Å². The molecule has 0 bridgehead atoms. The van der Waals surface area contributed by atoms with Crippen molar-refractivity contribution < 1.29 is 24.0 Å². The lowest BCUT2D eigenvalue weighted by atomic mass is 10.0. The van der Waals surface area contributed by atoms with E-state index in [0.29, 0.717) is 5.56 Å². The van der Waals surface area contributed by atoms with Gasteiger partial charge in [0.05, 0.1) is 36.0 Å². The van der Waals surface area contributed by atoms with Crippen LogP contribution in [0, 0.1) is 10.1 Å². The molecule has 0 radical (unpaired) electrons. The van der Waals surface area contributed by atoms with Crippen LogP contribution in [0.2, 0.25) is 0 Å². The van der Waals surface area contributed by atoms with Crippen molar-refractivity contribution in [3.8, 4) is 11.3 Å². The Morgan fingerprint density at radius 2 is 1.83 bits per heavy atom. The molecular weight excluding hydrogens is 304 g/mol. The lowest BCUT2D eigenvalue weighted by Crippen LogP contribution is -2.09. The van der Waals surface area contributed by atoms with E-state index in [4.69, 9.17) is 0 Å². The molecule has 2 rings (SSSR count). The molecular formula is C15H12N2O6. The number of aromatic nitrogens is 1. The number of nitro benzene ring substituents is 1. The van der Waals surface area contributed by atoms with Gasteiger partial charge < -0.3 is 9.47 Å². The summed E-state index contributed by atoms with van der Waals surface area (Å²) in [6.45, 7) is 0. The molecule has 0 saturated heterocycles. The lowest BCUT2D eigenvalue weighted by Gasteiger charge is -2.09. The van der Waals surface area contributed by atoms with Crippen LogP contribution in [0.1, 0.15) is 20.7 Å². The molecule has 8 heteroatoms. The fourth-order valence-electron chi connectivity index (χ4n) is 1.96. The SMILES string of the molecule is COC(=O)c1cnc(-c2cccc([N+](=O)[O-])c2)c(C(=O)OC)c1. The summed E-state index contributed by atoms with van der Waals surface area (Å²) in [6, 6.07) is 6.93. The number of rotatable bonds is 4. The first-order valence-corrected chi connectivity index (χ1v) is 6.39. The van der Waals surface area contributed by atoms with Crippen molar-refractivity contribution >= 4 is 17.6 Å². The Morgan fingerprint density at radius 1 is 1.13 bits per heavy atom. The summed E-state index contributed by atoms with van der Waals surface area (Å²) in [5, 5.41) is 10.9. The Bertz CT molecular complexity index is 787. The van der Waals surface area contributed by atoms with Gasteiger partial charge in [-0.1, -0.05) is 12.1 Å². The molecule has 0 atom stereocenters. The highest BCUT2D eigenvalue weighted by Crippen LogP contribution is 2.26. The van der Waals surface area contributed by atoms with Crippen molar-refractivity contribution in [1.29, 1.82) is 0 Å². The molecule has 1 aromatic carbocycles. The standard InChI is InChI=1S/C15H12N2O6/c1-22-14(18)10-7-12(15(19)23-2)13(16-8-10)9-4-3-5-11(6-9)17(20)21/h3-8H,1-2H3. The Labute approximate surface area is 130 Å². The number of carbonyl (C=O) groups is 2. The second-order valence-electron chi connectivity index (χ2n) is 4.41. The molecule has 1 aromatic heterocycles. The molecule has 8 nitrogen and oxygen atoms in total. The average Bonchev–Trinajstić information content (AvgIpc) is 2.59. The molecule has 23 heavy (non-hydrogen) atoms. The molecule has 0 aliphatic carbocycles. The molecule has 0 N–H and O–H groups in total. The van der Waals surface area contributed by atoms with E-state index in [1.54, 1.807) is 6.07 Å². The molecule has 118 valence electrons. The van der Waals surface area contributed by atoms with Gasteiger partial charge in [-0.15, -0.1) is 0 Å². The van der Waals surface area contributed by atoms with Crippen LogP contribution in [0.4, 0.5) is 5.69 Å². The minimum Gasteiger partial charge on any atom is -0.465 e. The summed E-state index contributed by atoms with van der Waals surface area (Å²) >= 11 is 0. The molecule has 0 aliphatic heterocycles. The van der Waals surface area contributed by atoms with Crippen LogP contribution in [0.3, 0.4) is 0 Å². The largest absolute Gasteiger partial charge is 0.465 e. The van der Waals surface area contributed by atoms with Crippen LogP contribution in [-0.2, 0) is 9.47 Å². The fraction of sp³-hybridized carbons (Fsp3) is 0.133. The van der Waals surface area contributed by atoms with Gasteiger partial charge in [0.25, 0.3) is 5.69 Å². The van der Waals surface area contributed by atoms with Crippen LogP contribution in [-0.4, -0.2) is 36.1 Å². The van der Waals surface area contributed by atoms with E-state index in [2.05, 4.69) is 14.5 Å². The van der Waals surface area contributed by atoms with Crippen LogP contribution in [0.5, 0.6) is 0 Å². The number of non-ortho nitro benzene ring substituents is 1. The van der Waals surface area contributed by atoms with E-state index < -0.39 is 16.9 Å². The monoisotopic (exact) mass is 316 g/mol. The number of nitro groups is 1. The second kappa shape index (κ2) is 6.65. The molecule has 2 aromatic rings. The second-order valence-corrected chi connectivity index (χ2v) is 4.41. The molecule has 1 heterocycles. The van der Waals surface area contributed by atoms with Gasteiger partial charge in [0.1, 0.15) is 0 Å². The third-order valence-electron chi connectivity index (χ3n) is 3.04. The Kier molecular flexibility index (Phi) is 4.65. The van der Waals surface area contributed by atoms with Crippen molar-refractivity contribution in [2.45, 2.75) is 0 Å². The van der Waals surface area contributed by atoms with E-state index in [0.717, 1.165) is 0 Å². The molecule has 0 unspecified atom stereocenters. The van der Waals surface area contributed by atoms with Gasteiger partial charge >= 0.3 is 11.9 Å². The third-order valence-corrected chi connectivity index (χ3v) is 3.04. The molecule has 0 amide bonds. The minimum atomic E-state index is -0.718. The molecule has 0 aliphatic rings. The van der Waals surface area contributed by atoms with Crippen LogP contribution in [0.25, 0.3) is 11.3 Å². The van der Waals surface area contributed by atoms with Crippen LogP contribution >= 0.6 is 0 Å². The first-order valence-electron chi connectivity index (χ1n) is 6.39. The average molecular weight is 316 g/mol. The van der Waals surface area contributed by atoms with Crippen molar-refractivity contribution in [3.05, 3.63) is 57.8 Å². The van der Waals surface area contributed by atoms with Gasteiger partial charge in [-0.25, -0.2) is 9.59 Å². The van der Waals surface area contributed by atoms with E-state index in [9.17, 15) is 19.7 Å². The van der Waals surface area contributed by atoms with Gasteiger partial charge in [0.2, 0.25) is 0 Å². The molecule has 0 saturated carbocycles. The van der Waals surface area contributed by atoms with Crippen molar-refractivity contribution in [3.63, 3.8) is 0 Å². The van der Waals surface area contributed by atoms with Crippen molar-refractivity contribution in [2.24, 2.45) is 0 Å². The number of hydrogen-bond donors (Lipinski definition) is 0. The number of pyridine rings is 1. The van der Waals surface area contributed by atoms with E-state index in [1.165, 1.54) is 44.7 Å². The topological polar surface area (TPSA) is 109 Å². The van der Waals surface area contributed by atoms with Crippen molar-refractivity contribution in [2.75, 3.05) is 14.2 Å². The summed E-state index contributed by atoms with van der Waals surface area (Å²) in [6.07, 6.45) is 1.23. The fourth-order valence-corrected chi connectivity index (χ4v) is 1.96. The quantitative estimate of drug-likeness (QED) is 0.483. The lowest BCUT2D eigenvalue weighted by molar-refractivity contribution is -0.384. The highest BCUT2D eigenvalue weighted by molar-refractivity contribution is 5.99. The highest BCUT2D eigenvalue weighted by atomic mass is 16.6. The number of hydrogen-bond acceptors (Lipinski definition) is 7. The normalized spacial score (nSPS) is 10.0. The van der Waals surface area contributed by atoms with E-state index in [-0.39, 0.29) is 22.5 Å². The maximum absolute atomic E-state index is 11.9. The molecule has 0 fully saturated rings. The van der Waals surface area contributed by atoms with Crippen LogP contribution in [0.15, 0.2) is 36.5 Å². The number of ether oxygens (including phenoxy) is 2. The summed E-state index contributed by atoms with van der Waals surface area (Å²) in [7, 11) is 2.39. The Hall–Kier alpha value is -3.29. The van der Waals surface area contributed by atoms with Crippen molar-refractivity contribution in [1.82, 2.24) is 4.98 Å². The molecule has 0 spiro atoms. The summed E-state index contributed by atoms with van der Waals surface area (Å²) in [5.41, 5.74) is 0.472.